The molecule has 1 rings (SSSR count). The van der Waals surface area contributed by atoms with Gasteiger partial charge in [-0.2, -0.15) is 0 Å². The Kier molecular flexibility index (Phi) is 5.45. The molecule has 0 fully saturated rings. The third-order valence-corrected chi connectivity index (χ3v) is 3.07. The fraction of sp³-hybridized carbons (Fsp3) is 0.571. The highest BCUT2D eigenvalue weighted by molar-refractivity contribution is 5.28. The van der Waals surface area contributed by atoms with Crippen molar-refractivity contribution >= 4 is 0 Å². The largest absolute Gasteiger partial charge is 0.494 e. The molecule has 3 nitrogen and oxygen atoms in total. The van der Waals surface area contributed by atoms with E-state index in [-0.39, 0.29) is 5.92 Å². The molecule has 2 atom stereocenters. The molecule has 0 radical (unpaired) electrons. The first kappa shape index (κ1) is 14.0. The molecule has 96 valence electrons. The molecule has 1 aromatic carbocycles. The molecule has 0 aliphatic heterocycles. The maximum atomic E-state index is 10.3. The maximum absolute atomic E-state index is 10.3. The first-order valence-electron chi connectivity index (χ1n) is 6.21. The molecule has 3 heteroatoms. The number of rotatable bonds is 6. The van der Waals surface area contributed by atoms with Crippen LogP contribution in [0.3, 0.4) is 0 Å². The minimum absolute atomic E-state index is 0.0907. The highest BCUT2D eigenvalue weighted by Crippen LogP contribution is 2.28. The molecule has 0 saturated carbocycles. The predicted octanol–water partition coefficient (Wildman–Crippen LogP) is 2.35. The van der Waals surface area contributed by atoms with E-state index in [0.29, 0.717) is 19.1 Å². The molecule has 0 amide bonds. The number of aliphatic hydroxyl groups excluding tert-OH is 1. The van der Waals surface area contributed by atoms with E-state index in [1.54, 1.807) is 0 Å². The number of benzene rings is 1. The van der Waals surface area contributed by atoms with Gasteiger partial charge in [-0.3, -0.25) is 0 Å². The summed E-state index contributed by atoms with van der Waals surface area (Å²) in [6, 6.07) is 7.58. The second-order valence-corrected chi connectivity index (χ2v) is 4.59. The molecule has 0 heterocycles. The molecule has 0 aliphatic rings. The van der Waals surface area contributed by atoms with Crippen molar-refractivity contribution in [3.05, 3.63) is 29.8 Å². The zero-order chi connectivity index (χ0) is 12.8. The first-order valence-corrected chi connectivity index (χ1v) is 6.21. The van der Waals surface area contributed by atoms with Gasteiger partial charge in [-0.1, -0.05) is 26.0 Å². The molecule has 1 aromatic rings. The van der Waals surface area contributed by atoms with Crippen LogP contribution in [-0.4, -0.2) is 18.3 Å². The topological polar surface area (TPSA) is 55.5 Å². The zero-order valence-corrected chi connectivity index (χ0v) is 10.9. The second-order valence-electron chi connectivity index (χ2n) is 4.59. The summed E-state index contributed by atoms with van der Waals surface area (Å²) in [6.45, 7) is 7.25. The van der Waals surface area contributed by atoms with Crippen LogP contribution in [0.5, 0.6) is 5.75 Å². The van der Waals surface area contributed by atoms with Gasteiger partial charge in [0.25, 0.3) is 0 Å². The average Bonchev–Trinajstić information content (AvgIpc) is 2.30. The Hall–Kier alpha value is -1.06. The summed E-state index contributed by atoms with van der Waals surface area (Å²) in [6.07, 6.45) is -0.504. The van der Waals surface area contributed by atoms with Crippen molar-refractivity contribution in [3.63, 3.8) is 0 Å². The van der Waals surface area contributed by atoms with Crippen LogP contribution < -0.4 is 10.5 Å². The summed E-state index contributed by atoms with van der Waals surface area (Å²) >= 11 is 0. The second kappa shape index (κ2) is 6.62. The third kappa shape index (κ3) is 3.72. The van der Waals surface area contributed by atoms with Crippen molar-refractivity contribution in [3.8, 4) is 5.75 Å². The van der Waals surface area contributed by atoms with Gasteiger partial charge < -0.3 is 15.6 Å². The number of hydrogen-bond acceptors (Lipinski definition) is 3. The van der Waals surface area contributed by atoms with Crippen LogP contribution in [0.4, 0.5) is 0 Å². The molecule has 0 aromatic heterocycles. The zero-order valence-electron chi connectivity index (χ0n) is 10.9. The summed E-state index contributed by atoms with van der Waals surface area (Å²) in [5.74, 6) is 1.28. The van der Waals surface area contributed by atoms with Crippen molar-refractivity contribution in [2.45, 2.75) is 26.9 Å². The average molecular weight is 237 g/mol. The van der Waals surface area contributed by atoms with Crippen LogP contribution in [0.15, 0.2) is 24.3 Å². The number of nitrogens with two attached hydrogens (primary N) is 1. The lowest BCUT2D eigenvalue weighted by Crippen LogP contribution is -2.26. The Morgan fingerprint density at radius 1 is 1.24 bits per heavy atom. The van der Waals surface area contributed by atoms with Gasteiger partial charge >= 0.3 is 0 Å². The number of aliphatic hydroxyl groups is 1. The molecule has 0 saturated heterocycles. The van der Waals surface area contributed by atoms with Gasteiger partial charge in [0.05, 0.1) is 12.7 Å². The van der Waals surface area contributed by atoms with Gasteiger partial charge in [0, 0.05) is 5.92 Å². The standard InChI is InChI=1S/C14H23NO2/c1-4-17-12-7-5-11(6-8-12)14(16)13(9-15)10(2)3/h5-8,10,13-14,16H,4,9,15H2,1-3H3. The number of hydrogen-bond donors (Lipinski definition) is 2. The summed E-state index contributed by atoms with van der Waals surface area (Å²) in [5.41, 5.74) is 6.61. The summed E-state index contributed by atoms with van der Waals surface area (Å²) in [5, 5.41) is 10.3. The molecule has 0 spiro atoms. The Labute approximate surface area is 104 Å². The lowest BCUT2D eigenvalue weighted by atomic mass is 9.86. The fourth-order valence-corrected chi connectivity index (χ4v) is 1.94. The van der Waals surface area contributed by atoms with Crippen molar-refractivity contribution in [2.75, 3.05) is 13.2 Å². The van der Waals surface area contributed by atoms with Crippen LogP contribution in [0.1, 0.15) is 32.4 Å². The van der Waals surface area contributed by atoms with Crippen molar-refractivity contribution in [2.24, 2.45) is 17.6 Å². The van der Waals surface area contributed by atoms with Gasteiger partial charge in [0.2, 0.25) is 0 Å². The highest BCUT2D eigenvalue weighted by Gasteiger charge is 2.22. The molecular formula is C14H23NO2. The summed E-state index contributed by atoms with van der Waals surface area (Å²) in [4.78, 5) is 0. The Bertz CT molecular complexity index is 321. The Morgan fingerprint density at radius 3 is 2.24 bits per heavy atom. The van der Waals surface area contributed by atoms with Gasteiger partial charge in [0.15, 0.2) is 0 Å². The van der Waals surface area contributed by atoms with Gasteiger partial charge in [-0.15, -0.1) is 0 Å². The van der Waals surface area contributed by atoms with Crippen molar-refractivity contribution < 1.29 is 9.84 Å². The molecule has 17 heavy (non-hydrogen) atoms. The Morgan fingerprint density at radius 2 is 1.82 bits per heavy atom. The van der Waals surface area contributed by atoms with E-state index in [2.05, 4.69) is 13.8 Å². The normalized spacial score (nSPS) is 14.7. The van der Waals surface area contributed by atoms with E-state index in [0.717, 1.165) is 11.3 Å². The predicted molar refractivity (Wildman–Crippen MR) is 70.0 cm³/mol. The highest BCUT2D eigenvalue weighted by atomic mass is 16.5. The third-order valence-electron chi connectivity index (χ3n) is 3.07. The van der Waals surface area contributed by atoms with Crippen LogP contribution >= 0.6 is 0 Å². The van der Waals surface area contributed by atoms with Gasteiger partial charge in [-0.25, -0.2) is 0 Å². The lowest BCUT2D eigenvalue weighted by Gasteiger charge is -2.25. The van der Waals surface area contributed by atoms with Gasteiger partial charge in [0.1, 0.15) is 5.75 Å². The van der Waals surface area contributed by atoms with E-state index in [4.69, 9.17) is 10.5 Å². The van der Waals surface area contributed by atoms with E-state index in [1.807, 2.05) is 31.2 Å². The van der Waals surface area contributed by atoms with Crippen LogP contribution in [-0.2, 0) is 0 Å². The SMILES string of the molecule is CCOc1ccc(C(O)C(CN)C(C)C)cc1. The van der Waals surface area contributed by atoms with Crippen molar-refractivity contribution in [1.29, 1.82) is 0 Å². The maximum Gasteiger partial charge on any atom is 0.119 e. The first-order chi connectivity index (χ1) is 8.10. The monoisotopic (exact) mass is 237 g/mol. The summed E-state index contributed by atoms with van der Waals surface area (Å²) < 4.78 is 5.37. The molecular weight excluding hydrogens is 214 g/mol. The fourth-order valence-electron chi connectivity index (χ4n) is 1.94. The molecule has 0 aliphatic carbocycles. The summed E-state index contributed by atoms with van der Waals surface area (Å²) in [7, 11) is 0. The van der Waals surface area contributed by atoms with Crippen LogP contribution in [0.25, 0.3) is 0 Å². The molecule has 3 N–H and O–H groups in total. The van der Waals surface area contributed by atoms with Gasteiger partial charge in [-0.05, 0) is 37.1 Å². The molecule has 2 unspecified atom stereocenters. The van der Waals surface area contributed by atoms with Crippen LogP contribution in [0.2, 0.25) is 0 Å². The smallest absolute Gasteiger partial charge is 0.119 e. The minimum atomic E-state index is -0.504. The quantitative estimate of drug-likeness (QED) is 0.798. The lowest BCUT2D eigenvalue weighted by molar-refractivity contribution is 0.0860. The number of ether oxygens (including phenoxy) is 1. The molecule has 0 bridgehead atoms. The van der Waals surface area contributed by atoms with Crippen molar-refractivity contribution in [1.82, 2.24) is 0 Å². The minimum Gasteiger partial charge on any atom is -0.494 e. The van der Waals surface area contributed by atoms with Crippen LogP contribution in [0, 0.1) is 11.8 Å². The van der Waals surface area contributed by atoms with E-state index >= 15 is 0 Å². The van der Waals surface area contributed by atoms with E-state index < -0.39 is 6.10 Å². The van der Waals surface area contributed by atoms with E-state index in [9.17, 15) is 5.11 Å². The Balaban J connectivity index is 2.77. The van der Waals surface area contributed by atoms with E-state index in [1.165, 1.54) is 0 Å².